The molecule has 2 N–H and O–H groups in total. The van der Waals surface area contributed by atoms with Crippen molar-refractivity contribution in [3.63, 3.8) is 0 Å². The van der Waals surface area contributed by atoms with E-state index in [2.05, 4.69) is 25.1 Å². The van der Waals surface area contributed by atoms with Crippen LogP contribution in [0.5, 0.6) is 0 Å². The molecule has 0 saturated carbocycles. The van der Waals surface area contributed by atoms with E-state index in [0.29, 0.717) is 56.8 Å². The van der Waals surface area contributed by atoms with E-state index in [0.717, 1.165) is 17.5 Å². The summed E-state index contributed by atoms with van der Waals surface area (Å²) in [5.74, 6) is -0.249. The van der Waals surface area contributed by atoms with Crippen LogP contribution >= 0.6 is 0 Å². The summed E-state index contributed by atoms with van der Waals surface area (Å²) in [6.07, 6.45) is -0.0890. The second-order valence-corrected chi connectivity index (χ2v) is 11.3. The first-order chi connectivity index (χ1) is 20.3. The second-order valence-electron chi connectivity index (χ2n) is 11.3. The van der Waals surface area contributed by atoms with Crippen LogP contribution in [-0.2, 0) is 12.7 Å². The third kappa shape index (κ3) is 6.67. The lowest BCUT2D eigenvalue weighted by molar-refractivity contribution is -0.138. The minimum Gasteiger partial charge on any atom is -0.445 e. The van der Waals surface area contributed by atoms with Gasteiger partial charge >= 0.3 is 6.18 Å². The van der Waals surface area contributed by atoms with Crippen LogP contribution in [0.4, 0.5) is 28.9 Å². The van der Waals surface area contributed by atoms with Crippen LogP contribution in [0.2, 0.25) is 0 Å². The average molecular weight is 603 g/mol. The number of nitrogens with zero attached hydrogens (tertiary/aromatic N) is 4. The predicted molar refractivity (Wildman–Crippen MR) is 154 cm³/mol. The van der Waals surface area contributed by atoms with Crippen molar-refractivity contribution in [1.29, 1.82) is 0 Å². The summed E-state index contributed by atoms with van der Waals surface area (Å²) in [7, 11) is 2.00. The van der Waals surface area contributed by atoms with E-state index >= 15 is 4.39 Å². The van der Waals surface area contributed by atoms with Gasteiger partial charge in [-0.2, -0.15) is 13.2 Å². The number of aromatic amines is 1. The molecule has 1 aromatic carbocycles. The van der Waals surface area contributed by atoms with E-state index in [9.17, 15) is 22.8 Å². The molecule has 2 atom stereocenters. The highest BCUT2D eigenvalue weighted by Crippen LogP contribution is 2.37. The van der Waals surface area contributed by atoms with Gasteiger partial charge in [0.25, 0.3) is 5.91 Å². The lowest BCUT2D eigenvalue weighted by Gasteiger charge is -2.44. The van der Waals surface area contributed by atoms with Gasteiger partial charge in [0.15, 0.2) is 5.89 Å². The molecule has 0 aliphatic carbocycles. The van der Waals surface area contributed by atoms with Gasteiger partial charge in [0, 0.05) is 63.0 Å². The van der Waals surface area contributed by atoms with Crippen molar-refractivity contribution in [3.8, 4) is 0 Å². The number of nitrogens with one attached hydrogen (secondary N) is 2. The summed E-state index contributed by atoms with van der Waals surface area (Å²) in [5.41, 5.74) is -1.52. The first-order valence-electron chi connectivity index (χ1n) is 14.0. The van der Waals surface area contributed by atoms with Crippen molar-refractivity contribution >= 4 is 22.9 Å². The van der Waals surface area contributed by atoms with E-state index in [-0.39, 0.29) is 23.3 Å². The normalized spacial score (nSPS) is 20.3. The minimum absolute atomic E-state index is 0.103. The molecule has 2 aromatic heterocycles. The Morgan fingerprint density at radius 3 is 2.51 bits per heavy atom. The molecule has 1 fully saturated rings. The number of anilines is 2. The van der Waals surface area contributed by atoms with Crippen LogP contribution in [-0.4, -0.2) is 71.0 Å². The zero-order valence-corrected chi connectivity index (χ0v) is 24.4. The van der Waals surface area contributed by atoms with Crippen LogP contribution in [0.1, 0.15) is 53.4 Å². The average Bonchev–Trinajstić information content (AvgIpc) is 3.36. The molecule has 3 aromatic rings. The van der Waals surface area contributed by atoms with Crippen molar-refractivity contribution in [3.05, 3.63) is 81.2 Å². The van der Waals surface area contributed by atoms with Crippen molar-refractivity contribution in [2.45, 2.75) is 52.0 Å². The van der Waals surface area contributed by atoms with Gasteiger partial charge in [-0.05, 0) is 45.0 Å². The van der Waals surface area contributed by atoms with Crippen molar-refractivity contribution in [2.24, 2.45) is 0 Å². The van der Waals surface area contributed by atoms with Crippen LogP contribution in [0.25, 0.3) is 5.57 Å². The van der Waals surface area contributed by atoms with Crippen LogP contribution in [0.15, 0.2) is 45.9 Å². The second kappa shape index (κ2) is 12.0. The summed E-state index contributed by atoms with van der Waals surface area (Å²) >= 11 is 0. The lowest BCUT2D eigenvalue weighted by atomic mass is 9.96. The summed E-state index contributed by atoms with van der Waals surface area (Å²) in [5, 5.41) is 2.61. The maximum Gasteiger partial charge on any atom is 0.417 e. The standard InChI is InChI=1S/C30H34F4N6O3/c1-17-14-40(15-18(2)38(17)4)27-11-25(31)22(20-5-7-39(8-6-20)16-21-12-35-19(3)43-21)9-26(27)37-29(42)23-13-36-28(41)10-24(23)30(32,33)34/h5,9-13,17-18H,6-8,14-16H2,1-4H3,(H,36,41)(H,37,42). The highest BCUT2D eigenvalue weighted by molar-refractivity contribution is 6.07. The number of hydrogen-bond acceptors (Lipinski definition) is 7. The third-order valence-electron chi connectivity index (χ3n) is 8.20. The summed E-state index contributed by atoms with van der Waals surface area (Å²) in [6.45, 7) is 8.56. The fraction of sp³-hybridized carbons (Fsp3) is 0.433. The number of amides is 1. The Bertz CT molecular complexity index is 1590. The zero-order chi connectivity index (χ0) is 31.1. The molecule has 9 nitrogen and oxygen atoms in total. The summed E-state index contributed by atoms with van der Waals surface area (Å²) < 4.78 is 62.6. The van der Waals surface area contributed by atoms with Crippen molar-refractivity contribution in [1.82, 2.24) is 19.8 Å². The largest absolute Gasteiger partial charge is 0.445 e. The molecule has 0 spiro atoms. The Balaban J connectivity index is 1.49. The molecule has 1 saturated heterocycles. The number of carbonyl (C=O) groups is 1. The van der Waals surface area contributed by atoms with Gasteiger partial charge in [-0.25, -0.2) is 9.37 Å². The van der Waals surface area contributed by atoms with Gasteiger partial charge < -0.3 is 19.6 Å². The van der Waals surface area contributed by atoms with Crippen LogP contribution in [0, 0.1) is 12.7 Å². The fourth-order valence-electron chi connectivity index (χ4n) is 5.65. The molecule has 0 radical (unpaired) electrons. The number of pyridine rings is 1. The molecule has 5 rings (SSSR count). The minimum atomic E-state index is -4.93. The molecule has 2 unspecified atom stereocenters. The number of aromatic nitrogens is 2. The number of H-pyrrole nitrogens is 1. The van der Waals surface area contributed by atoms with Crippen molar-refractivity contribution < 1.29 is 26.8 Å². The number of rotatable bonds is 6. The molecule has 4 heterocycles. The molecule has 2 aliphatic heterocycles. The van der Waals surface area contributed by atoms with Gasteiger partial charge in [0.1, 0.15) is 11.6 Å². The third-order valence-corrected chi connectivity index (χ3v) is 8.20. The SMILES string of the molecule is Cc1ncc(CN2CC=C(c3cc(NC(=O)c4c[nH]c(=O)cc4C(F)(F)F)c(N4CC(C)N(C)C(C)C4)cc3F)CC2)o1. The number of alkyl halides is 3. The zero-order valence-electron chi connectivity index (χ0n) is 24.4. The molecule has 2 aliphatic rings. The number of oxazole rings is 1. The number of likely N-dealkylation sites (N-methyl/N-ethyl adjacent to an activating group) is 1. The fourth-order valence-corrected chi connectivity index (χ4v) is 5.65. The summed E-state index contributed by atoms with van der Waals surface area (Å²) in [4.78, 5) is 37.5. The van der Waals surface area contributed by atoms with Crippen molar-refractivity contribution in [2.75, 3.05) is 43.4 Å². The molecule has 13 heteroatoms. The molecule has 0 bridgehead atoms. The smallest absolute Gasteiger partial charge is 0.417 e. The summed E-state index contributed by atoms with van der Waals surface area (Å²) in [6, 6.07) is 3.40. The molecule has 230 valence electrons. The molecule has 1 amide bonds. The number of aryl methyl sites for hydroxylation is 1. The lowest BCUT2D eigenvalue weighted by Crippen LogP contribution is -2.55. The Morgan fingerprint density at radius 1 is 1.19 bits per heavy atom. The van der Waals surface area contributed by atoms with E-state index in [4.69, 9.17) is 4.42 Å². The van der Waals surface area contributed by atoms with E-state index in [1.165, 1.54) is 12.1 Å². The van der Waals surface area contributed by atoms with Gasteiger partial charge in [-0.1, -0.05) is 6.08 Å². The van der Waals surface area contributed by atoms with E-state index in [1.54, 1.807) is 13.1 Å². The number of carbonyl (C=O) groups excluding carboxylic acids is 1. The first kappa shape index (κ1) is 30.5. The van der Waals surface area contributed by atoms with Crippen LogP contribution in [0.3, 0.4) is 0 Å². The Labute approximate surface area is 246 Å². The van der Waals surface area contributed by atoms with Crippen LogP contribution < -0.4 is 15.8 Å². The number of hydrogen-bond donors (Lipinski definition) is 2. The van der Waals surface area contributed by atoms with Gasteiger partial charge in [-0.15, -0.1) is 0 Å². The van der Waals surface area contributed by atoms with Gasteiger partial charge in [-0.3, -0.25) is 19.4 Å². The highest BCUT2D eigenvalue weighted by Gasteiger charge is 2.36. The molecule has 43 heavy (non-hydrogen) atoms. The first-order valence-corrected chi connectivity index (χ1v) is 14.0. The predicted octanol–water partition coefficient (Wildman–Crippen LogP) is 4.90. The highest BCUT2D eigenvalue weighted by atomic mass is 19.4. The molecular weight excluding hydrogens is 568 g/mol. The van der Waals surface area contributed by atoms with E-state index < -0.39 is 34.6 Å². The Kier molecular flexibility index (Phi) is 8.48. The maximum atomic E-state index is 15.8. The number of benzene rings is 1. The number of piperazine rings is 1. The van der Waals surface area contributed by atoms with Gasteiger partial charge in [0.2, 0.25) is 5.56 Å². The van der Waals surface area contributed by atoms with E-state index in [1.807, 2.05) is 31.9 Å². The topological polar surface area (TPSA) is 97.7 Å². The van der Waals surface area contributed by atoms with Gasteiger partial charge in [0.05, 0.1) is 35.2 Å². The Hall–Kier alpha value is -3.97. The maximum absolute atomic E-state index is 15.8. The monoisotopic (exact) mass is 602 g/mol. The Morgan fingerprint density at radius 2 is 1.91 bits per heavy atom. The number of halogens is 4. The molecular formula is C30H34F4N6O3. The quantitative estimate of drug-likeness (QED) is 0.388.